The molecule has 96 valence electrons. The Morgan fingerprint density at radius 1 is 1.39 bits per heavy atom. The van der Waals surface area contributed by atoms with Crippen molar-refractivity contribution < 1.29 is 9.52 Å². The summed E-state index contributed by atoms with van der Waals surface area (Å²) < 4.78 is 5.71. The van der Waals surface area contributed by atoms with E-state index in [1.807, 2.05) is 19.1 Å². The van der Waals surface area contributed by atoms with Crippen molar-refractivity contribution in [3.63, 3.8) is 0 Å². The summed E-state index contributed by atoms with van der Waals surface area (Å²) in [7, 11) is 0. The van der Waals surface area contributed by atoms with Gasteiger partial charge < -0.3 is 20.2 Å². The van der Waals surface area contributed by atoms with E-state index >= 15 is 0 Å². The predicted molar refractivity (Wildman–Crippen MR) is 70.5 cm³/mol. The second kappa shape index (κ2) is 3.88. The van der Waals surface area contributed by atoms with Crippen LogP contribution in [0.1, 0.15) is 19.8 Å². The van der Waals surface area contributed by atoms with E-state index < -0.39 is 5.60 Å². The molecule has 0 atom stereocenters. The molecule has 1 aromatic carbocycles. The van der Waals surface area contributed by atoms with E-state index in [0.717, 1.165) is 37.0 Å². The highest BCUT2D eigenvalue weighted by Gasteiger charge is 2.29. The Morgan fingerprint density at radius 2 is 2.11 bits per heavy atom. The second-order valence-corrected chi connectivity index (χ2v) is 5.21. The van der Waals surface area contributed by atoms with Crippen LogP contribution in [0, 0.1) is 0 Å². The monoisotopic (exact) mass is 247 g/mol. The van der Waals surface area contributed by atoms with Crippen LogP contribution in [0.15, 0.2) is 22.6 Å². The summed E-state index contributed by atoms with van der Waals surface area (Å²) in [6.07, 6.45) is 1.46. The Morgan fingerprint density at radius 3 is 2.83 bits per heavy atom. The standard InChI is InChI=1S/C13H17N3O2/c1-13(17)4-6-16(7-5-13)12-15-10-8-9(14)2-3-11(10)18-12/h2-3,8,17H,4-7,14H2,1H3. The Kier molecular flexibility index (Phi) is 2.45. The van der Waals surface area contributed by atoms with E-state index in [1.54, 1.807) is 6.07 Å². The maximum atomic E-state index is 9.92. The Bertz CT molecular complexity index is 567. The van der Waals surface area contributed by atoms with Gasteiger partial charge in [-0.05, 0) is 38.0 Å². The molecule has 2 aromatic rings. The topological polar surface area (TPSA) is 75.5 Å². The molecule has 3 rings (SSSR count). The fourth-order valence-corrected chi connectivity index (χ4v) is 2.25. The lowest BCUT2D eigenvalue weighted by molar-refractivity contribution is 0.0344. The average molecular weight is 247 g/mol. The molecule has 1 aliphatic heterocycles. The first-order chi connectivity index (χ1) is 8.53. The minimum Gasteiger partial charge on any atom is -0.423 e. The lowest BCUT2D eigenvalue weighted by atomic mass is 9.94. The van der Waals surface area contributed by atoms with Gasteiger partial charge in [-0.2, -0.15) is 4.98 Å². The first-order valence-electron chi connectivity index (χ1n) is 6.17. The maximum absolute atomic E-state index is 9.92. The summed E-state index contributed by atoms with van der Waals surface area (Å²) >= 11 is 0. The van der Waals surface area contributed by atoms with Gasteiger partial charge >= 0.3 is 0 Å². The van der Waals surface area contributed by atoms with Gasteiger partial charge in [0.05, 0.1) is 5.60 Å². The minimum atomic E-state index is -0.563. The van der Waals surface area contributed by atoms with Crippen LogP contribution >= 0.6 is 0 Å². The third kappa shape index (κ3) is 2.01. The van der Waals surface area contributed by atoms with Crippen molar-refractivity contribution in [1.29, 1.82) is 0 Å². The second-order valence-electron chi connectivity index (χ2n) is 5.21. The first-order valence-corrected chi connectivity index (χ1v) is 6.17. The van der Waals surface area contributed by atoms with Gasteiger partial charge in [-0.3, -0.25) is 0 Å². The number of nitrogens with two attached hydrogens (primary N) is 1. The Balaban J connectivity index is 1.87. The maximum Gasteiger partial charge on any atom is 0.298 e. The van der Waals surface area contributed by atoms with E-state index in [0.29, 0.717) is 11.7 Å². The predicted octanol–water partition coefficient (Wildman–Crippen LogP) is 1.76. The largest absolute Gasteiger partial charge is 0.423 e. The van der Waals surface area contributed by atoms with E-state index in [9.17, 15) is 5.11 Å². The van der Waals surface area contributed by atoms with Gasteiger partial charge in [0, 0.05) is 18.8 Å². The number of benzene rings is 1. The van der Waals surface area contributed by atoms with Crippen LogP contribution < -0.4 is 10.6 Å². The molecule has 18 heavy (non-hydrogen) atoms. The molecule has 3 N–H and O–H groups in total. The summed E-state index contributed by atoms with van der Waals surface area (Å²) in [6, 6.07) is 6.06. The molecule has 0 radical (unpaired) electrons. The zero-order valence-electron chi connectivity index (χ0n) is 10.4. The summed E-state index contributed by atoms with van der Waals surface area (Å²) in [6.45, 7) is 3.39. The van der Waals surface area contributed by atoms with E-state index in [-0.39, 0.29) is 0 Å². The van der Waals surface area contributed by atoms with Gasteiger partial charge in [-0.1, -0.05) is 0 Å². The number of aromatic nitrogens is 1. The molecule has 0 saturated carbocycles. The summed E-state index contributed by atoms with van der Waals surface area (Å²) in [5.41, 5.74) is 7.37. The quantitative estimate of drug-likeness (QED) is 0.751. The summed E-state index contributed by atoms with van der Waals surface area (Å²) in [5.74, 6) is 0. The summed E-state index contributed by atoms with van der Waals surface area (Å²) in [4.78, 5) is 6.51. The molecule has 0 spiro atoms. The number of piperidine rings is 1. The lowest BCUT2D eigenvalue weighted by Crippen LogP contribution is -2.42. The number of rotatable bonds is 1. The molecule has 0 bridgehead atoms. The third-order valence-electron chi connectivity index (χ3n) is 3.51. The molecule has 0 amide bonds. The molecule has 5 nitrogen and oxygen atoms in total. The number of anilines is 2. The van der Waals surface area contributed by atoms with Gasteiger partial charge in [-0.25, -0.2) is 0 Å². The van der Waals surface area contributed by atoms with Crippen LogP contribution in [-0.2, 0) is 0 Å². The molecule has 0 aliphatic carbocycles. The van der Waals surface area contributed by atoms with Crippen molar-refractivity contribution in [1.82, 2.24) is 4.98 Å². The van der Waals surface area contributed by atoms with Crippen LogP contribution in [-0.4, -0.2) is 28.8 Å². The van der Waals surface area contributed by atoms with Crippen molar-refractivity contribution in [3.05, 3.63) is 18.2 Å². The zero-order chi connectivity index (χ0) is 12.8. The summed E-state index contributed by atoms with van der Waals surface area (Å²) in [5, 5.41) is 9.92. The smallest absolute Gasteiger partial charge is 0.298 e. The molecule has 1 saturated heterocycles. The number of nitrogens with zero attached hydrogens (tertiary/aromatic N) is 2. The van der Waals surface area contributed by atoms with Crippen LogP contribution in [0.3, 0.4) is 0 Å². The Labute approximate surface area is 105 Å². The van der Waals surface area contributed by atoms with Gasteiger partial charge in [0.2, 0.25) is 0 Å². The van der Waals surface area contributed by atoms with E-state index in [4.69, 9.17) is 10.2 Å². The number of fused-ring (bicyclic) bond motifs is 1. The number of nitrogen functional groups attached to an aromatic ring is 1. The fourth-order valence-electron chi connectivity index (χ4n) is 2.25. The van der Waals surface area contributed by atoms with Gasteiger partial charge in [0.1, 0.15) is 5.52 Å². The molecule has 1 fully saturated rings. The van der Waals surface area contributed by atoms with Gasteiger partial charge in [-0.15, -0.1) is 0 Å². The number of aliphatic hydroxyl groups is 1. The van der Waals surface area contributed by atoms with Gasteiger partial charge in [0.25, 0.3) is 6.01 Å². The van der Waals surface area contributed by atoms with Crippen LogP contribution in [0.2, 0.25) is 0 Å². The molecule has 1 aliphatic rings. The molecule has 1 aromatic heterocycles. The fraction of sp³-hybridized carbons (Fsp3) is 0.462. The molecule has 5 heteroatoms. The van der Waals surface area contributed by atoms with Crippen molar-refractivity contribution in [2.24, 2.45) is 0 Å². The third-order valence-corrected chi connectivity index (χ3v) is 3.51. The van der Waals surface area contributed by atoms with Crippen molar-refractivity contribution in [2.45, 2.75) is 25.4 Å². The SMILES string of the molecule is CC1(O)CCN(c2nc3cc(N)ccc3o2)CC1. The number of hydrogen-bond donors (Lipinski definition) is 2. The number of oxazole rings is 1. The molecular weight excluding hydrogens is 230 g/mol. The Hall–Kier alpha value is -1.75. The average Bonchev–Trinajstić information content (AvgIpc) is 2.71. The molecular formula is C13H17N3O2. The zero-order valence-corrected chi connectivity index (χ0v) is 10.4. The van der Waals surface area contributed by atoms with Gasteiger partial charge in [0.15, 0.2) is 5.58 Å². The molecule has 2 heterocycles. The minimum absolute atomic E-state index is 0.563. The van der Waals surface area contributed by atoms with Crippen LogP contribution in [0.25, 0.3) is 11.1 Å². The highest BCUT2D eigenvalue weighted by atomic mass is 16.4. The van der Waals surface area contributed by atoms with Crippen molar-refractivity contribution >= 4 is 22.8 Å². The van der Waals surface area contributed by atoms with E-state index in [1.165, 1.54) is 0 Å². The highest BCUT2D eigenvalue weighted by Crippen LogP contribution is 2.28. The van der Waals surface area contributed by atoms with Crippen LogP contribution in [0.4, 0.5) is 11.7 Å². The highest BCUT2D eigenvalue weighted by molar-refractivity contribution is 5.78. The van der Waals surface area contributed by atoms with E-state index in [2.05, 4.69) is 9.88 Å². The van der Waals surface area contributed by atoms with Crippen molar-refractivity contribution in [2.75, 3.05) is 23.7 Å². The van der Waals surface area contributed by atoms with Crippen LogP contribution in [0.5, 0.6) is 0 Å². The normalized spacial score (nSPS) is 19.3. The van der Waals surface area contributed by atoms with Crippen molar-refractivity contribution in [3.8, 4) is 0 Å². The number of hydrogen-bond acceptors (Lipinski definition) is 5. The molecule has 0 unspecified atom stereocenters. The first kappa shape index (κ1) is 11.3. The lowest BCUT2D eigenvalue weighted by Gasteiger charge is -2.34.